The minimum atomic E-state index is -0.651. The number of ether oxygens (including phenoxy) is 5. The molecule has 0 aliphatic heterocycles. The molecule has 0 saturated heterocycles. The Balaban J connectivity index is 1.79. The molecule has 0 atom stereocenters. The normalized spacial score (nSPS) is 10.5. The molecule has 45 heavy (non-hydrogen) atoms. The zero-order valence-electron chi connectivity index (χ0n) is 25.6. The predicted molar refractivity (Wildman–Crippen MR) is 165 cm³/mol. The quantitative estimate of drug-likeness (QED) is 0.0706. The van der Waals surface area contributed by atoms with Crippen LogP contribution in [-0.2, 0) is 23.9 Å². The van der Waals surface area contributed by atoms with Gasteiger partial charge < -0.3 is 23.7 Å². The Morgan fingerprint density at radius 3 is 1.58 bits per heavy atom. The molecule has 0 unspecified atom stereocenters. The van der Waals surface area contributed by atoms with Gasteiger partial charge in [-0.1, -0.05) is 32.2 Å². The first kappa shape index (κ1) is 34.5. The van der Waals surface area contributed by atoms with Gasteiger partial charge in [-0.3, -0.25) is 4.79 Å². The lowest BCUT2D eigenvalue weighted by molar-refractivity contribution is -0.143. The number of rotatable bonds is 16. The van der Waals surface area contributed by atoms with Gasteiger partial charge in [0.1, 0.15) is 5.75 Å². The first-order chi connectivity index (χ1) is 21.5. The standard InChI is InChI=1S/C35H36F2O8/c1-6-33(38)43-15-7-13-41-31-11-9-24(20-29(31)36)26-17-27(19-28(18-26)45-35(40)23(4)5)25-10-12-32(30(37)21-25)42-14-8-16-44-34(39)22(2)3/h9-12,17-21H,2,4,6-8,13-16H2,1,3,5H3. The van der Waals surface area contributed by atoms with E-state index in [-0.39, 0.29) is 67.2 Å². The summed E-state index contributed by atoms with van der Waals surface area (Å²) in [5.74, 6) is -2.53. The van der Waals surface area contributed by atoms with Crippen LogP contribution in [0.25, 0.3) is 22.3 Å². The van der Waals surface area contributed by atoms with Gasteiger partial charge in [0, 0.05) is 30.4 Å². The van der Waals surface area contributed by atoms with Gasteiger partial charge in [0.15, 0.2) is 23.1 Å². The average Bonchev–Trinajstić information content (AvgIpc) is 3.01. The highest BCUT2D eigenvalue weighted by Gasteiger charge is 2.14. The van der Waals surface area contributed by atoms with Crippen LogP contribution < -0.4 is 14.2 Å². The lowest BCUT2D eigenvalue weighted by atomic mass is 9.98. The molecular formula is C35H36F2O8. The average molecular weight is 623 g/mol. The van der Waals surface area contributed by atoms with Crippen LogP contribution in [0.1, 0.15) is 40.0 Å². The van der Waals surface area contributed by atoms with Crippen molar-refractivity contribution in [2.24, 2.45) is 0 Å². The lowest BCUT2D eigenvalue weighted by Crippen LogP contribution is -2.09. The summed E-state index contributed by atoms with van der Waals surface area (Å²) in [5, 5.41) is 0. The maximum Gasteiger partial charge on any atom is 0.338 e. The fraction of sp³-hybridized carbons (Fsp3) is 0.286. The molecule has 0 N–H and O–H groups in total. The van der Waals surface area contributed by atoms with E-state index >= 15 is 4.39 Å². The predicted octanol–water partition coefficient (Wildman–Crippen LogP) is 7.39. The second-order valence-corrected chi connectivity index (χ2v) is 10.1. The Kier molecular flexibility index (Phi) is 12.8. The van der Waals surface area contributed by atoms with Crippen molar-refractivity contribution in [3.05, 3.63) is 90.5 Å². The van der Waals surface area contributed by atoms with E-state index in [9.17, 15) is 18.8 Å². The third-order valence-corrected chi connectivity index (χ3v) is 6.22. The molecule has 238 valence electrons. The van der Waals surface area contributed by atoms with Crippen molar-refractivity contribution in [2.45, 2.75) is 40.0 Å². The number of carbonyl (C=O) groups is 3. The summed E-state index contributed by atoms with van der Waals surface area (Å²) in [5.41, 5.74) is 2.37. The summed E-state index contributed by atoms with van der Waals surface area (Å²) in [6, 6.07) is 13.6. The minimum Gasteiger partial charge on any atom is -0.490 e. The molecule has 0 bridgehead atoms. The summed E-state index contributed by atoms with van der Waals surface area (Å²) in [6.45, 7) is 12.4. The van der Waals surface area contributed by atoms with Crippen molar-refractivity contribution in [2.75, 3.05) is 26.4 Å². The molecule has 0 radical (unpaired) electrons. The summed E-state index contributed by atoms with van der Waals surface area (Å²) < 4.78 is 56.5. The first-order valence-electron chi connectivity index (χ1n) is 14.3. The van der Waals surface area contributed by atoms with Gasteiger partial charge in [-0.15, -0.1) is 0 Å². The molecule has 0 saturated carbocycles. The Labute approximate surface area is 261 Å². The van der Waals surface area contributed by atoms with E-state index < -0.39 is 23.6 Å². The van der Waals surface area contributed by atoms with Crippen LogP contribution in [-0.4, -0.2) is 44.3 Å². The Hall–Kier alpha value is -4.99. The molecule has 3 aromatic rings. The Bertz CT molecular complexity index is 1560. The largest absolute Gasteiger partial charge is 0.490 e. The third kappa shape index (κ3) is 10.6. The number of halogens is 2. The smallest absolute Gasteiger partial charge is 0.338 e. The van der Waals surface area contributed by atoms with E-state index in [4.69, 9.17) is 23.7 Å². The molecule has 3 rings (SSSR count). The van der Waals surface area contributed by atoms with E-state index in [1.165, 1.54) is 31.2 Å². The van der Waals surface area contributed by atoms with E-state index in [1.54, 1.807) is 44.2 Å². The van der Waals surface area contributed by atoms with E-state index in [0.717, 1.165) is 0 Å². The van der Waals surface area contributed by atoms with Gasteiger partial charge in [-0.25, -0.2) is 18.4 Å². The summed E-state index contributed by atoms with van der Waals surface area (Å²) in [7, 11) is 0. The van der Waals surface area contributed by atoms with Crippen LogP contribution in [0.2, 0.25) is 0 Å². The number of hydrogen-bond acceptors (Lipinski definition) is 8. The summed E-state index contributed by atoms with van der Waals surface area (Å²) in [4.78, 5) is 35.0. The maximum atomic E-state index is 15.0. The monoisotopic (exact) mass is 622 g/mol. The highest BCUT2D eigenvalue weighted by molar-refractivity contribution is 5.89. The molecule has 0 aromatic heterocycles. The molecule has 0 amide bonds. The molecule has 3 aromatic carbocycles. The minimum absolute atomic E-state index is 0.0104. The van der Waals surface area contributed by atoms with Gasteiger partial charge in [0.2, 0.25) is 0 Å². The topological polar surface area (TPSA) is 97.4 Å². The molecular weight excluding hydrogens is 586 g/mol. The van der Waals surface area contributed by atoms with Gasteiger partial charge in [0.05, 0.1) is 26.4 Å². The van der Waals surface area contributed by atoms with Crippen LogP contribution in [0.3, 0.4) is 0 Å². The molecule has 0 aliphatic rings. The fourth-order valence-electron chi connectivity index (χ4n) is 3.84. The molecule has 10 heteroatoms. The third-order valence-electron chi connectivity index (χ3n) is 6.22. The highest BCUT2D eigenvalue weighted by atomic mass is 19.1. The molecule has 0 spiro atoms. The molecule has 8 nitrogen and oxygen atoms in total. The molecule has 0 fully saturated rings. The zero-order valence-corrected chi connectivity index (χ0v) is 25.6. The second kappa shape index (κ2) is 16.7. The highest BCUT2D eigenvalue weighted by Crippen LogP contribution is 2.35. The van der Waals surface area contributed by atoms with Crippen molar-refractivity contribution in [3.63, 3.8) is 0 Å². The number of carbonyl (C=O) groups excluding carboxylic acids is 3. The van der Waals surface area contributed by atoms with E-state index in [1.807, 2.05) is 0 Å². The van der Waals surface area contributed by atoms with Crippen molar-refractivity contribution in [1.82, 2.24) is 0 Å². The van der Waals surface area contributed by atoms with Crippen LogP contribution >= 0.6 is 0 Å². The van der Waals surface area contributed by atoms with Crippen LogP contribution in [0, 0.1) is 11.6 Å². The summed E-state index contributed by atoms with van der Waals surface area (Å²) >= 11 is 0. The van der Waals surface area contributed by atoms with E-state index in [0.29, 0.717) is 35.1 Å². The van der Waals surface area contributed by atoms with Crippen molar-refractivity contribution in [1.29, 1.82) is 0 Å². The second-order valence-electron chi connectivity index (χ2n) is 10.1. The Morgan fingerprint density at radius 2 is 1.13 bits per heavy atom. The van der Waals surface area contributed by atoms with Gasteiger partial charge >= 0.3 is 17.9 Å². The van der Waals surface area contributed by atoms with E-state index in [2.05, 4.69) is 13.2 Å². The maximum absolute atomic E-state index is 15.0. The fourth-order valence-corrected chi connectivity index (χ4v) is 3.84. The van der Waals surface area contributed by atoms with Crippen molar-refractivity contribution in [3.8, 4) is 39.5 Å². The van der Waals surface area contributed by atoms with Gasteiger partial charge in [0.25, 0.3) is 0 Å². The van der Waals surface area contributed by atoms with Crippen LogP contribution in [0.15, 0.2) is 78.9 Å². The number of hydrogen-bond donors (Lipinski definition) is 0. The molecule has 0 heterocycles. The lowest BCUT2D eigenvalue weighted by Gasteiger charge is -2.13. The summed E-state index contributed by atoms with van der Waals surface area (Å²) in [6.07, 6.45) is 1.03. The van der Waals surface area contributed by atoms with Crippen molar-refractivity contribution >= 4 is 17.9 Å². The van der Waals surface area contributed by atoms with Crippen LogP contribution in [0.5, 0.6) is 17.2 Å². The molecule has 0 aliphatic carbocycles. The SMILES string of the molecule is C=C(C)C(=O)OCCCOc1ccc(-c2cc(OC(=O)C(=C)C)cc(-c3ccc(OCCCOC(=O)CC)c(F)c3)c2)cc1F. The first-order valence-corrected chi connectivity index (χ1v) is 14.3. The number of esters is 3. The zero-order chi connectivity index (χ0) is 32.9. The van der Waals surface area contributed by atoms with Gasteiger partial charge in [-0.2, -0.15) is 0 Å². The number of benzene rings is 3. The Morgan fingerprint density at radius 1 is 0.644 bits per heavy atom. The van der Waals surface area contributed by atoms with Crippen LogP contribution in [0.4, 0.5) is 8.78 Å². The van der Waals surface area contributed by atoms with Gasteiger partial charge in [-0.05, 0) is 78.6 Å². The van der Waals surface area contributed by atoms with Crippen molar-refractivity contribution < 1.29 is 46.8 Å².